The van der Waals surface area contributed by atoms with Crippen LogP contribution in [0.4, 0.5) is 0 Å². The second kappa shape index (κ2) is 13.3. The molecule has 0 saturated heterocycles. The molecule has 4 nitrogen and oxygen atoms in total. The van der Waals surface area contributed by atoms with E-state index in [1.54, 1.807) is 0 Å². The van der Waals surface area contributed by atoms with Gasteiger partial charge in [-0.25, -0.2) is 15.0 Å². The first-order valence-corrected chi connectivity index (χ1v) is 19.9. The zero-order chi connectivity index (χ0) is 38.9. The smallest absolute Gasteiger partial charge is 0.164 e. The summed E-state index contributed by atoms with van der Waals surface area (Å²) in [6.45, 7) is 0. The zero-order valence-corrected chi connectivity index (χ0v) is 31.8. The van der Waals surface area contributed by atoms with E-state index in [2.05, 4.69) is 158 Å². The summed E-state index contributed by atoms with van der Waals surface area (Å²) >= 11 is 0. The average molecular weight is 752 g/mol. The van der Waals surface area contributed by atoms with E-state index in [0.717, 1.165) is 55.3 Å². The molecule has 0 aliphatic heterocycles. The monoisotopic (exact) mass is 751 g/mol. The Morgan fingerprint density at radius 3 is 1.46 bits per heavy atom. The molecular formula is C55H33N3O. The minimum absolute atomic E-state index is 0.622. The first kappa shape index (κ1) is 33.2. The van der Waals surface area contributed by atoms with E-state index in [1.165, 1.54) is 48.7 Å². The van der Waals surface area contributed by atoms with Crippen molar-refractivity contribution in [1.82, 2.24) is 15.0 Å². The van der Waals surface area contributed by atoms with Crippen molar-refractivity contribution in [2.45, 2.75) is 0 Å². The van der Waals surface area contributed by atoms with Crippen molar-refractivity contribution in [3.05, 3.63) is 200 Å². The maximum atomic E-state index is 6.09. The number of hydrogen-bond acceptors (Lipinski definition) is 4. The van der Waals surface area contributed by atoms with Gasteiger partial charge in [0.15, 0.2) is 17.5 Å². The molecule has 12 rings (SSSR count). The quantitative estimate of drug-likeness (QED) is 0.164. The topological polar surface area (TPSA) is 51.8 Å². The highest BCUT2D eigenvalue weighted by atomic mass is 16.3. The van der Waals surface area contributed by atoms with Crippen molar-refractivity contribution in [3.8, 4) is 56.4 Å². The average Bonchev–Trinajstić information content (AvgIpc) is 3.69. The number of furan rings is 1. The van der Waals surface area contributed by atoms with E-state index in [4.69, 9.17) is 19.4 Å². The first-order valence-electron chi connectivity index (χ1n) is 19.9. The molecule has 0 amide bonds. The molecule has 0 spiro atoms. The van der Waals surface area contributed by atoms with Crippen LogP contribution in [0.5, 0.6) is 0 Å². The van der Waals surface area contributed by atoms with E-state index < -0.39 is 0 Å². The van der Waals surface area contributed by atoms with Gasteiger partial charge in [0, 0.05) is 27.5 Å². The van der Waals surface area contributed by atoms with Crippen LogP contribution in [-0.4, -0.2) is 15.0 Å². The zero-order valence-electron chi connectivity index (χ0n) is 31.8. The predicted molar refractivity (Wildman–Crippen MR) is 244 cm³/mol. The normalized spacial score (nSPS) is 11.7. The van der Waals surface area contributed by atoms with Crippen LogP contribution in [0.15, 0.2) is 205 Å². The van der Waals surface area contributed by atoms with Gasteiger partial charge in [-0.1, -0.05) is 170 Å². The fourth-order valence-corrected chi connectivity index (χ4v) is 8.90. The fourth-order valence-electron chi connectivity index (χ4n) is 8.90. The van der Waals surface area contributed by atoms with Gasteiger partial charge in [0.25, 0.3) is 0 Å². The van der Waals surface area contributed by atoms with Crippen molar-refractivity contribution in [3.63, 3.8) is 0 Å². The van der Waals surface area contributed by atoms with Gasteiger partial charge in [-0.2, -0.15) is 0 Å². The van der Waals surface area contributed by atoms with Gasteiger partial charge < -0.3 is 4.42 Å². The molecule has 0 saturated carbocycles. The number of hydrogen-bond donors (Lipinski definition) is 0. The summed E-state index contributed by atoms with van der Waals surface area (Å²) in [7, 11) is 0. The van der Waals surface area contributed by atoms with Crippen molar-refractivity contribution < 1.29 is 4.42 Å². The van der Waals surface area contributed by atoms with E-state index in [9.17, 15) is 0 Å². The fraction of sp³-hybridized carbons (Fsp3) is 0. The molecule has 4 heteroatoms. The van der Waals surface area contributed by atoms with Gasteiger partial charge in [0.05, 0.1) is 0 Å². The number of benzene rings is 10. The molecular weight excluding hydrogens is 719 g/mol. The Morgan fingerprint density at radius 1 is 0.254 bits per heavy atom. The number of nitrogens with zero attached hydrogens (tertiary/aromatic N) is 3. The lowest BCUT2D eigenvalue weighted by molar-refractivity contribution is 0.669. The Balaban J connectivity index is 0.995. The summed E-state index contributed by atoms with van der Waals surface area (Å²) in [5.74, 6) is 1.88. The summed E-state index contributed by atoms with van der Waals surface area (Å²) in [6.07, 6.45) is 0. The lowest BCUT2D eigenvalue weighted by Gasteiger charge is -2.16. The van der Waals surface area contributed by atoms with E-state index in [-0.39, 0.29) is 0 Å². The number of fused-ring (bicyclic) bond motifs is 11. The number of para-hydroxylation sites is 1. The second-order valence-corrected chi connectivity index (χ2v) is 15.1. The van der Waals surface area contributed by atoms with Crippen LogP contribution < -0.4 is 0 Å². The highest BCUT2D eigenvalue weighted by Crippen LogP contribution is 2.43. The molecule has 0 fully saturated rings. The van der Waals surface area contributed by atoms with Crippen LogP contribution in [0.2, 0.25) is 0 Å². The van der Waals surface area contributed by atoms with Crippen molar-refractivity contribution in [1.29, 1.82) is 0 Å². The molecule has 0 atom stereocenters. The molecule has 274 valence electrons. The van der Waals surface area contributed by atoms with Crippen molar-refractivity contribution in [2.75, 3.05) is 0 Å². The molecule has 0 N–H and O–H groups in total. The highest BCUT2D eigenvalue weighted by molar-refractivity contribution is 6.33. The Bertz CT molecular complexity index is 3610. The minimum atomic E-state index is 0.622. The first-order chi connectivity index (χ1) is 29.2. The molecule has 0 bridgehead atoms. The van der Waals surface area contributed by atoms with E-state index >= 15 is 0 Å². The van der Waals surface area contributed by atoms with Crippen LogP contribution in [0.25, 0.3) is 121 Å². The highest BCUT2D eigenvalue weighted by Gasteiger charge is 2.17. The van der Waals surface area contributed by atoms with Gasteiger partial charge in [-0.3, -0.25) is 0 Å². The summed E-state index contributed by atoms with van der Waals surface area (Å²) in [6, 6.07) is 70.6. The maximum Gasteiger partial charge on any atom is 0.164 e. The SMILES string of the molecule is c1ccc(-c2nc(-c3ccc(-c4ccc5oc6ccccc6c5c4)cc3)nc(-c3cccc(-c4cc5c6ccccc6c6ccccc6c5c5ccccc45)c3)n2)cc1. The van der Waals surface area contributed by atoms with Crippen LogP contribution >= 0.6 is 0 Å². The molecule has 2 heterocycles. The molecule has 12 aromatic rings. The summed E-state index contributed by atoms with van der Waals surface area (Å²) in [5, 5.41) is 12.3. The Morgan fingerprint density at radius 2 is 0.729 bits per heavy atom. The van der Waals surface area contributed by atoms with Gasteiger partial charge in [-0.15, -0.1) is 0 Å². The van der Waals surface area contributed by atoms with Gasteiger partial charge >= 0.3 is 0 Å². The standard InChI is InChI=1S/C55H33N3O/c1-2-13-35(14-3-1)53-56-54(36-27-25-34(26-28-36)37-29-30-51-48(32-37)44-21-10-11-24-50(44)59-51)58-55(57-53)39-16-12-15-38(31-39)47-33-49-42-19-5-4-17-40(42)41-18-6-8-22-45(41)52(49)46-23-9-7-20-43(46)47/h1-33H. The third kappa shape index (κ3) is 5.49. The van der Waals surface area contributed by atoms with Crippen LogP contribution in [0.1, 0.15) is 0 Å². The molecule has 0 radical (unpaired) electrons. The predicted octanol–water partition coefficient (Wildman–Crippen LogP) is 14.7. The van der Waals surface area contributed by atoms with Crippen molar-refractivity contribution >= 4 is 65.0 Å². The Kier molecular flexibility index (Phi) is 7.50. The molecule has 2 aromatic heterocycles. The molecule has 0 unspecified atom stereocenters. The summed E-state index contributed by atoms with van der Waals surface area (Å²) in [4.78, 5) is 15.3. The van der Waals surface area contributed by atoms with Gasteiger partial charge in [0.1, 0.15) is 11.2 Å². The lowest BCUT2D eigenvalue weighted by Crippen LogP contribution is -2.00. The minimum Gasteiger partial charge on any atom is -0.456 e. The molecule has 0 aliphatic carbocycles. The number of aromatic nitrogens is 3. The third-order valence-corrected chi connectivity index (χ3v) is 11.7. The van der Waals surface area contributed by atoms with E-state index in [1.807, 2.05) is 42.5 Å². The second-order valence-electron chi connectivity index (χ2n) is 15.1. The van der Waals surface area contributed by atoms with Gasteiger partial charge in [0.2, 0.25) is 0 Å². The summed E-state index contributed by atoms with van der Waals surface area (Å²) < 4.78 is 6.09. The maximum absolute atomic E-state index is 6.09. The third-order valence-electron chi connectivity index (χ3n) is 11.7. The molecule has 10 aromatic carbocycles. The van der Waals surface area contributed by atoms with E-state index in [0.29, 0.717) is 17.5 Å². The molecule has 0 aliphatic rings. The Hall–Kier alpha value is -7.95. The van der Waals surface area contributed by atoms with Crippen molar-refractivity contribution in [2.24, 2.45) is 0 Å². The molecule has 59 heavy (non-hydrogen) atoms. The Labute approximate surface area is 339 Å². The van der Waals surface area contributed by atoms with Crippen LogP contribution in [0.3, 0.4) is 0 Å². The largest absolute Gasteiger partial charge is 0.456 e. The van der Waals surface area contributed by atoms with Crippen LogP contribution in [-0.2, 0) is 0 Å². The van der Waals surface area contributed by atoms with Crippen LogP contribution in [0, 0.1) is 0 Å². The lowest BCUT2D eigenvalue weighted by atomic mass is 9.87. The summed E-state index contributed by atoms with van der Waals surface area (Å²) in [5.41, 5.74) is 9.06. The number of rotatable bonds is 5. The van der Waals surface area contributed by atoms with Gasteiger partial charge in [-0.05, 0) is 95.7 Å².